The number of aliphatic carboxylic acids is 1. The molecule has 0 spiro atoms. The average molecular weight is 470 g/mol. The number of fused-ring (bicyclic) bond motifs is 2. The predicted molar refractivity (Wildman–Crippen MR) is 145 cm³/mol. The molecule has 4 heteroatoms. The summed E-state index contributed by atoms with van der Waals surface area (Å²) < 4.78 is 2.28. The molecule has 1 aliphatic heterocycles. The second kappa shape index (κ2) is 10.5. The molecule has 4 rings (SSSR count). The van der Waals surface area contributed by atoms with Crippen LogP contribution in [0.1, 0.15) is 63.1 Å². The van der Waals surface area contributed by atoms with Crippen LogP contribution in [0.15, 0.2) is 72.6 Å². The summed E-state index contributed by atoms with van der Waals surface area (Å²) >= 11 is 0. The van der Waals surface area contributed by atoms with Gasteiger partial charge >= 0.3 is 5.97 Å². The van der Waals surface area contributed by atoms with Gasteiger partial charge in [-0.05, 0) is 56.0 Å². The molecule has 182 valence electrons. The number of carbonyl (C=O) groups is 1. The lowest BCUT2D eigenvalue weighted by Crippen LogP contribution is -2.34. The van der Waals surface area contributed by atoms with Crippen molar-refractivity contribution in [2.24, 2.45) is 0 Å². The normalized spacial score (nSPS) is 15.9. The molecule has 0 unspecified atom stereocenters. The Labute approximate surface area is 209 Å². The Kier molecular flexibility index (Phi) is 7.39. The molecular formula is C31H37N2O2+. The monoisotopic (exact) mass is 469 g/mol. The van der Waals surface area contributed by atoms with Crippen molar-refractivity contribution < 1.29 is 14.5 Å². The van der Waals surface area contributed by atoms with Crippen molar-refractivity contribution in [1.82, 2.24) is 0 Å². The van der Waals surface area contributed by atoms with Crippen molar-refractivity contribution in [3.05, 3.63) is 89.3 Å². The summed E-state index contributed by atoms with van der Waals surface area (Å²) in [5.74, 6) is -0.712. The van der Waals surface area contributed by atoms with Crippen molar-refractivity contribution >= 4 is 28.6 Å². The van der Waals surface area contributed by atoms with Crippen molar-refractivity contribution in [1.29, 1.82) is 0 Å². The minimum absolute atomic E-state index is 0.0376. The second-order valence-corrected chi connectivity index (χ2v) is 9.99. The van der Waals surface area contributed by atoms with Crippen LogP contribution in [0.3, 0.4) is 0 Å². The number of hydrogen-bond donors (Lipinski definition) is 1. The van der Waals surface area contributed by atoms with Gasteiger partial charge in [0.15, 0.2) is 6.20 Å². The number of carboxylic acid groups (broad SMARTS) is 1. The van der Waals surface area contributed by atoms with Gasteiger partial charge in [-0.1, -0.05) is 55.8 Å². The van der Waals surface area contributed by atoms with Gasteiger partial charge in [0.2, 0.25) is 5.52 Å². The van der Waals surface area contributed by atoms with E-state index in [0.29, 0.717) is 0 Å². The number of pyridine rings is 1. The third-order valence-electron chi connectivity index (χ3n) is 7.14. The summed E-state index contributed by atoms with van der Waals surface area (Å²) in [6.07, 6.45) is 11.7. The molecule has 0 fully saturated rings. The maximum Gasteiger partial charge on any atom is 0.303 e. The standard InChI is InChI=1S/C31H36N2O2/c1-5-33-28-18-17-23(2)22-26(28)31(3,4)29(33)15-11-12-24-19-21-32(20-10-6-7-16-30(34)35)27-14-9-8-13-25(24)27/h8-9,11-15,17-19,21-22H,5-7,10,16,20H2,1-4H3/p+1. The van der Waals surface area contributed by atoms with Crippen LogP contribution in [-0.4, -0.2) is 17.6 Å². The summed E-state index contributed by atoms with van der Waals surface area (Å²) in [7, 11) is 0. The Bertz CT molecular complexity index is 1290. The number of unbranched alkanes of at least 4 members (excludes halogenated alkanes) is 2. The summed E-state index contributed by atoms with van der Waals surface area (Å²) in [4.78, 5) is 13.2. The molecule has 0 bridgehead atoms. The van der Waals surface area contributed by atoms with Crippen LogP contribution in [0, 0.1) is 6.92 Å². The number of likely N-dealkylation sites (N-methyl/N-ethyl adjacent to an activating group) is 1. The number of aryl methyl sites for hydroxylation is 2. The summed E-state index contributed by atoms with van der Waals surface area (Å²) in [6, 6.07) is 17.5. The predicted octanol–water partition coefficient (Wildman–Crippen LogP) is 6.80. The minimum atomic E-state index is -0.712. The summed E-state index contributed by atoms with van der Waals surface area (Å²) in [6.45, 7) is 10.9. The first-order valence-corrected chi connectivity index (χ1v) is 12.7. The number of benzene rings is 2. The molecule has 3 aromatic rings. The van der Waals surface area contributed by atoms with Gasteiger partial charge in [-0.3, -0.25) is 4.79 Å². The van der Waals surface area contributed by atoms with E-state index >= 15 is 0 Å². The fourth-order valence-electron chi connectivity index (χ4n) is 5.26. The van der Waals surface area contributed by atoms with Crippen molar-refractivity contribution in [2.75, 3.05) is 11.4 Å². The number of para-hydroxylation sites is 1. The first-order chi connectivity index (χ1) is 16.8. The van der Waals surface area contributed by atoms with E-state index in [0.717, 1.165) is 32.4 Å². The molecule has 1 aromatic heterocycles. The lowest BCUT2D eigenvalue weighted by molar-refractivity contribution is -0.671. The molecule has 0 aliphatic carbocycles. The fourth-order valence-corrected chi connectivity index (χ4v) is 5.26. The molecule has 4 nitrogen and oxygen atoms in total. The lowest BCUT2D eigenvalue weighted by Gasteiger charge is -2.25. The fraction of sp³-hybridized carbons (Fsp3) is 0.355. The number of carboxylic acids is 1. The zero-order valence-corrected chi connectivity index (χ0v) is 21.4. The highest BCUT2D eigenvalue weighted by molar-refractivity contribution is 5.85. The van der Waals surface area contributed by atoms with E-state index in [4.69, 9.17) is 5.11 Å². The molecular weight excluding hydrogens is 432 g/mol. The third kappa shape index (κ3) is 5.17. The van der Waals surface area contributed by atoms with Gasteiger partial charge in [0, 0.05) is 48.3 Å². The molecule has 2 aromatic carbocycles. The Morgan fingerprint density at radius 2 is 1.89 bits per heavy atom. The Morgan fingerprint density at radius 3 is 2.66 bits per heavy atom. The van der Waals surface area contributed by atoms with E-state index in [-0.39, 0.29) is 11.8 Å². The molecule has 0 saturated heterocycles. The zero-order valence-electron chi connectivity index (χ0n) is 21.4. The molecule has 0 amide bonds. The van der Waals surface area contributed by atoms with Crippen LogP contribution in [0.5, 0.6) is 0 Å². The van der Waals surface area contributed by atoms with Gasteiger partial charge in [-0.15, -0.1) is 0 Å². The van der Waals surface area contributed by atoms with Gasteiger partial charge < -0.3 is 10.0 Å². The number of nitrogens with zero attached hydrogens (tertiary/aromatic N) is 2. The minimum Gasteiger partial charge on any atom is -0.481 e. The van der Waals surface area contributed by atoms with Crippen LogP contribution in [-0.2, 0) is 16.8 Å². The Hall–Kier alpha value is -3.40. The first kappa shape index (κ1) is 24.7. The summed E-state index contributed by atoms with van der Waals surface area (Å²) in [5, 5.41) is 10.1. The number of allylic oxidation sites excluding steroid dienone is 3. The molecule has 1 N–H and O–H groups in total. The quantitative estimate of drug-likeness (QED) is 0.277. The van der Waals surface area contributed by atoms with Crippen molar-refractivity contribution in [3.63, 3.8) is 0 Å². The average Bonchev–Trinajstić information content (AvgIpc) is 3.05. The van der Waals surface area contributed by atoms with Gasteiger partial charge in [0.25, 0.3) is 0 Å². The highest BCUT2D eigenvalue weighted by atomic mass is 16.4. The summed E-state index contributed by atoms with van der Waals surface area (Å²) in [5.41, 5.74) is 7.71. The molecule has 0 saturated carbocycles. The topological polar surface area (TPSA) is 44.4 Å². The zero-order chi connectivity index (χ0) is 25.0. The number of aromatic nitrogens is 1. The van der Waals surface area contributed by atoms with Crippen LogP contribution < -0.4 is 9.47 Å². The smallest absolute Gasteiger partial charge is 0.303 e. The van der Waals surface area contributed by atoms with Crippen LogP contribution in [0.2, 0.25) is 0 Å². The SMILES string of the molecule is CCN1C(=CC=Cc2cc[n+](CCCCCC(=O)O)c3ccccc23)C(C)(C)c2cc(C)ccc21. The van der Waals surface area contributed by atoms with Gasteiger partial charge in [-0.2, -0.15) is 4.57 Å². The molecule has 0 radical (unpaired) electrons. The molecule has 35 heavy (non-hydrogen) atoms. The van der Waals surface area contributed by atoms with E-state index in [1.54, 1.807) is 0 Å². The number of rotatable bonds is 9. The highest BCUT2D eigenvalue weighted by Crippen LogP contribution is 2.47. The first-order valence-electron chi connectivity index (χ1n) is 12.7. The van der Waals surface area contributed by atoms with E-state index < -0.39 is 5.97 Å². The Balaban J connectivity index is 1.57. The largest absolute Gasteiger partial charge is 0.481 e. The van der Waals surface area contributed by atoms with E-state index in [9.17, 15) is 4.79 Å². The van der Waals surface area contributed by atoms with Gasteiger partial charge in [-0.25, -0.2) is 0 Å². The van der Waals surface area contributed by atoms with E-state index in [1.165, 1.54) is 39.0 Å². The third-order valence-corrected chi connectivity index (χ3v) is 7.14. The number of anilines is 1. The highest BCUT2D eigenvalue weighted by Gasteiger charge is 2.39. The van der Waals surface area contributed by atoms with Crippen LogP contribution in [0.25, 0.3) is 17.0 Å². The maximum absolute atomic E-state index is 10.7. The van der Waals surface area contributed by atoms with E-state index in [2.05, 4.69) is 110 Å². The second-order valence-electron chi connectivity index (χ2n) is 9.99. The van der Waals surface area contributed by atoms with Gasteiger partial charge in [0.1, 0.15) is 6.54 Å². The molecule has 0 atom stereocenters. The lowest BCUT2D eigenvalue weighted by atomic mass is 9.83. The van der Waals surface area contributed by atoms with Gasteiger partial charge in [0.05, 0.1) is 5.39 Å². The molecule has 1 aliphatic rings. The van der Waals surface area contributed by atoms with Crippen LogP contribution in [0.4, 0.5) is 5.69 Å². The van der Waals surface area contributed by atoms with E-state index in [1.807, 2.05) is 0 Å². The van der Waals surface area contributed by atoms with Crippen molar-refractivity contribution in [3.8, 4) is 0 Å². The number of hydrogen-bond acceptors (Lipinski definition) is 2. The van der Waals surface area contributed by atoms with Crippen molar-refractivity contribution in [2.45, 2.75) is 65.3 Å². The molecule has 2 heterocycles. The van der Waals surface area contributed by atoms with Crippen LogP contribution >= 0.6 is 0 Å². The Morgan fingerprint density at radius 1 is 1.09 bits per heavy atom. The maximum atomic E-state index is 10.7.